The first-order valence-electron chi connectivity index (χ1n) is 9.53. The zero-order chi connectivity index (χ0) is 23.1. The molecule has 1 aliphatic heterocycles. The van der Waals surface area contributed by atoms with Gasteiger partial charge in [-0.2, -0.15) is 4.98 Å². The molecule has 2 N–H and O–H groups in total. The Morgan fingerprint density at radius 1 is 1.15 bits per heavy atom. The molecule has 0 bridgehead atoms. The monoisotopic (exact) mass is 467 g/mol. The highest BCUT2D eigenvalue weighted by Crippen LogP contribution is 2.41. The molecule has 1 aliphatic carbocycles. The van der Waals surface area contributed by atoms with Gasteiger partial charge in [-0.3, -0.25) is 5.32 Å². The van der Waals surface area contributed by atoms with Gasteiger partial charge in [0.25, 0.3) is 0 Å². The van der Waals surface area contributed by atoms with Crippen molar-refractivity contribution in [3.8, 4) is 0 Å². The minimum atomic E-state index is -1.24. The summed E-state index contributed by atoms with van der Waals surface area (Å²) in [5, 5.41) is 11.7. The molecule has 0 unspecified atom stereocenters. The fourth-order valence-corrected chi connectivity index (χ4v) is 3.69. The Hall–Kier alpha value is -4.18. The average molecular weight is 468 g/mol. The molecule has 164 valence electrons. The number of oxazole rings is 1. The Labute approximate surface area is 189 Å². The number of allylic oxidation sites excluding steroid dienone is 5. The number of benzene rings is 1. The lowest BCUT2D eigenvalue weighted by Gasteiger charge is -2.21. The van der Waals surface area contributed by atoms with E-state index in [-0.39, 0.29) is 34.0 Å². The molecule has 0 spiro atoms. The smallest absolute Gasteiger partial charge is 0.357 e. The Kier molecular flexibility index (Phi) is 5.06. The summed E-state index contributed by atoms with van der Waals surface area (Å²) < 4.78 is 34.3. The Balaban J connectivity index is 1.56. The number of carbonyl (C=O) groups is 1. The maximum atomic E-state index is 14.6. The van der Waals surface area contributed by atoms with Crippen LogP contribution < -0.4 is 5.32 Å². The highest BCUT2D eigenvalue weighted by atomic mass is 35.5. The van der Waals surface area contributed by atoms with E-state index in [1.54, 1.807) is 12.3 Å². The van der Waals surface area contributed by atoms with E-state index in [1.807, 2.05) is 0 Å². The summed E-state index contributed by atoms with van der Waals surface area (Å²) in [6, 6.07) is 3.51. The molecule has 0 amide bonds. The van der Waals surface area contributed by atoms with Crippen LogP contribution >= 0.6 is 11.6 Å². The zero-order valence-electron chi connectivity index (χ0n) is 16.5. The number of fused-ring (bicyclic) bond motifs is 3. The van der Waals surface area contributed by atoms with Crippen LogP contribution in [-0.4, -0.2) is 31.2 Å². The van der Waals surface area contributed by atoms with Gasteiger partial charge >= 0.3 is 12.0 Å². The van der Waals surface area contributed by atoms with Crippen LogP contribution in [0.5, 0.6) is 0 Å². The molecular weight excluding hydrogens is 456 g/mol. The molecular formula is C22H12ClF2N5O3. The second kappa shape index (κ2) is 8.06. The highest BCUT2D eigenvalue weighted by Gasteiger charge is 2.27. The molecule has 0 atom stereocenters. The molecule has 33 heavy (non-hydrogen) atoms. The van der Waals surface area contributed by atoms with Gasteiger partial charge < -0.3 is 9.52 Å². The third-order valence-electron chi connectivity index (χ3n) is 4.98. The molecule has 0 radical (unpaired) electrons. The van der Waals surface area contributed by atoms with Gasteiger partial charge in [0.1, 0.15) is 23.1 Å². The number of nitrogens with one attached hydrogen (secondary N) is 1. The van der Waals surface area contributed by atoms with Crippen molar-refractivity contribution >= 4 is 45.9 Å². The summed E-state index contributed by atoms with van der Waals surface area (Å²) in [6.45, 7) is 0. The van der Waals surface area contributed by atoms with Crippen LogP contribution in [0.3, 0.4) is 0 Å². The van der Waals surface area contributed by atoms with Crippen LogP contribution in [-0.2, 0) is 6.42 Å². The molecule has 3 aromatic rings. The maximum Gasteiger partial charge on any atom is 0.357 e. The zero-order valence-corrected chi connectivity index (χ0v) is 17.3. The van der Waals surface area contributed by atoms with Gasteiger partial charge in [0.05, 0.1) is 11.3 Å². The topological polar surface area (TPSA) is 114 Å². The van der Waals surface area contributed by atoms with Crippen molar-refractivity contribution < 1.29 is 23.1 Å². The number of aliphatic imine (C=N–C) groups is 1. The molecule has 0 saturated carbocycles. The van der Waals surface area contributed by atoms with Gasteiger partial charge in [-0.15, -0.1) is 0 Å². The van der Waals surface area contributed by atoms with Gasteiger partial charge in [-0.25, -0.2) is 28.5 Å². The third-order valence-corrected chi connectivity index (χ3v) is 5.19. The van der Waals surface area contributed by atoms with Crippen molar-refractivity contribution in [2.24, 2.45) is 4.99 Å². The minimum Gasteiger partial charge on any atom is -0.476 e. The summed E-state index contributed by atoms with van der Waals surface area (Å²) in [7, 11) is 0. The molecule has 8 nitrogen and oxygen atoms in total. The predicted molar refractivity (Wildman–Crippen MR) is 116 cm³/mol. The number of hydrogen-bond donors (Lipinski definition) is 2. The van der Waals surface area contributed by atoms with E-state index in [1.165, 1.54) is 30.5 Å². The minimum absolute atomic E-state index is 0.0467. The van der Waals surface area contributed by atoms with Gasteiger partial charge in [0.15, 0.2) is 5.69 Å². The Morgan fingerprint density at radius 2 is 1.94 bits per heavy atom. The quantitative estimate of drug-likeness (QED) is 0.569. The number of anilines is 2. The lowest BCUT2D eigenvalue weighted by Crippen LogP contribution is -2.10. The largest absolute Gasteiger partial charge is 0.476 e. The number of halogens is 3. The number of carboxylic acids is 1. The number of rotatable bonds is 4. The average Bonchev–Trinajstić information content (AvgIpc) is 3.18. The summed E-state index contributed by atoms with van der Waals surface area (Å²) in [6.07, 6.45) is 7.64. The molecule has 0 fully saturated rings. The standard InChI is InChI=1S/C22H12ClF2N5O3/c23-17-6-12(18-14(24)2-1-3-15(18)25)11-5-4-10-7-27-21(29-19(10)13(11)8-26-17)30-22-28-16(9-33-22)20(31)32/h1-3,5-9H,4H2,(H,31,32)(H,27,28,29,30). The molecule has 11 heteroatoms. The van der Waals surface area contributed by atoms with Gasteiger partial charge in [0, 0.05) is 23.5 Å². The normalized spacial score (nSPS) is 14.8. The number of hydrogen-bond acceptors (Lipinski definition) is 7. The van der Waals surface area contributed by atoms with Crippen molar-refractivity contribution in [2.75, 3.05) is 5.32 Å². The van der Waals surface area contributed by atoms with Gasteiger partial charge in [0.2, 0.25) is 5.95 Å². The van der Waals surface area contributed by atoms with E-state index in [4.69, 9.17) is 21.1 Å². The summed E-state index contributed by atoms with van der Waals surface area (Å²) >= 11 is 6.17. The van der Waals surface area contributed by atoms with E-state index in [2.05, 4.69) is 25.3 Å². The van der Waals surface area contributed by atoms with Crippen molar-refractivity contribution in [1.29, 1.82) is 0 Å². The van der Waals surface area contributed by atoms with Crippen molar-refractivity contribution in [3.05, 3.63) is 88.7 Å². The summed E-state index contributed by atoms with van der Waals surface area (Å²) in [4.78, 5) is 27.6. The van der Waals surface area contributed by atoms with E-state index < -0.39 is 17.6 Å². The molecule has 1 aromatic carbocycles. The first-order valence-corrected chi connectivity index (χ1v) is 9.91. The van der Waals surface area contributed by atoms with E-state index in [0.29, 0.717) is 23.3 Å². The number of carboxylic acid groups (broad SMARTS) is 1. The molecule has 2 aromatic heterocycles. The van der Waals surface area contributed by atoms with Crippen LogP contribution in [0, 0.1) is 11.6 Å². The fraction of sp³-hybridized carbons (Fsp3) is 0.0455. The summed E-state index contributed by atoms with van der Waals surface area (Å²) in [5.74, 6) is -2.63. The number of nitrogens with zero attached hydrogens (tertiary/aromatic N) is 4. The molecule has 5 rings (SSSR count). The van der Waals surface area contributed by atoms with Crippen LogP contribution in [0.15, 0.2) is 64.0 Å². The lowest BCUT2D eigenvalue weighted by molar-refractivity contribution is 0.0690. The van der Waals surface area contributed by atoms with Gasteiger partial charge in [-0.05, 0) is 35.8 Å². The van der Waals surface area contributed by atoms with Crippen molar-refractivity contribution in [2.45, 2.75) is 6.42 Å². The molecule has 0 saturated heterocycles. The predicted octanol–water partition coefficient (Wildman–Crippen LogP) is 4.74. The fourth-order valence-electron chi connectivity index (χ4n) is 3.53. The van der Waals surface area contributed by atoms with Crippen LogP contribution in [0.25, 0.3) is 11.1 Å². The van der Waals surface area contributed by atoms with E-state index in [9.17, 15) is 13.6 Å². The van der Waals surface area contributed by atoms with Crippen LogP contribution in [0.2, 0.25) is 0 Å². The van der Waals surface area contributed by atoms with E-state index in [0.717, 1.165) is 11.8 Å². The van der Waals surface area contributed by atoms with Gasteiger partial charge in [-0.1, -0.05) is 23.7 Å². The Morgan fingerprint density at radius 3 is 2.67 bits per heavy atom. The van der Waals surface area contributed by atoms with Crippen LogP contribution in [0.4, 0.5) is 20.7 Å². The lowest BCUT2D eigenvalue weighted by atomic mass is 9.84. The molecule has 3 heterocycles. The SMILES string of the molecule is O=C(O)c1coc(Nc2ncc3c(n2)C2=CN=C(Cl)C=C(c4c(F)cccc4F)C2=CC3)n1. The number of aromatic nitrogens is 3. The second-order valence-electron chi connectivity index (χ2n) is 7.01. The van der Waals surface area contributed by atoms with E-state index >= 15 is 0 Å². The molecule has 2 aliphatic rings. The summed E-state index contributed by atoms with van der Waals surface area (Å²) in [5.41, 5.74) is 1.95. The van der Waals surface area contributed by atoms with Crippen LogP contribution in [0.1, 0.15) is 27.3 Å². The highest BCUT2D eigenvalue weighted by molar-refractivity contribution is 6.69. The first kappa shape index (κ1) is 20.7. The first-order chi connectivity index (χ1) is 15.9. The Bertz CT molecular complexity index is 1420. The third kappa shape index (κ3) is 3.80. The number of aromatic carboxylic acids is 1. The van der Waals surface area contributed by atoms with Crippen molar-refractivity contribution in [1.82, 2.24) is 15.0 Å². The van der Waals surface area contributed by atoms with Crippen molar-refractivity contribution in [3.63, 3.8) is 0 Å². The second-order valence-corrected chi connectivity index (χ2v) is 7.39. The maximum absolute atomic E-state index is 14.6.